The minimum absolute atomic E-state index is 0.0375. The van der Waals surface area contributed by atoms with E-state index in [-0.39, 0.29) is 40.3 Å². The molecule has 0 aliphatic rings. The van der Waals surface area contributed by atoms with Crippen molar-refractivity contribution in [2.45, 2.75) is 6.42 Å². The van der Waals surface area contributed by atoms with Gasteiger partial charge in [-0.15, -0.1) is 0 Å². The molecule has 3 N–H and O–H groups in total. The van der Waals surface area contributed by atoms with Crippen molar-refractivity contribution >= 4 is 34.9 Å². The van der Waals surface area contributed by atoms with Crippen molar-refractivity contribution in [2.75, 3.05) is 26.8 Å². The Kier molecular flexibility index (Phi) is 7.28. The molecule has 0 aromatic heterocycles. The Morgan fingerprint density at radius 1 is 1.38 bits per heavy atom. The van der Waals surface area contributed by atoms with Gasteiger partial charge in [0.1, 0.15) is 5.84 Å². The van der Waals surface area contributed by atoms with Gasteiger partial charge in [-0.1, -0.05) is 34.4 Å². The molecule has 1 aromatic rings. The van der Waals surface area contributed by atoms with Gasteiger partial charge in [-0.25, -0.2) is 0 Å². The first-order chi connectivity index (χ1) is 10.0. The lowest BCUT2D eigenvalue weighted by molar-refractivity contribution is 0.0701. The summed E-state index contributed by atoms with van der Waals surface area (Å²) >= 11 is 12.1. The predicted octanol–water partition coefficient (Wildman–Crippen LogP) is 2.22. The lowest BCUT2D eigenvalue weighted by atomic mass is 10.2. The summed E-state index contributed by atoms with van der Waals surface area (Å²) in [5.74, 6) is -0.288. The van der Waals surface area contributed by atoms with Gasteiger partial charge < -0.3 is 20.6 Å². The first-order valence-corrected chi connectivity index (χ1v) is 6.95. The molecule has 0 saturated heterocycles. The third-order valence-electron chi connectivity index (χ3n) is 2.80. The van der Waals surface area contributed by atoms with Gasteiger partial charge in [-0.05, 0) is 12.1 Å². The van der Waals surface area contributed by atoms with Crippen LogP contribution in [-0.4, -0.2) is 48.7 Å². The fraction of sp³-hybridized carbons (Fsp3) is 0.385. The highest BCUT2D eigenvalue weighted by molar-refractivity contribution is 6.39. The Bertz CT molecular complexity index is 503. The number of carbonyl (C=O) groups excluding carboxylic acids is 1. The number of carbonyl (C=O) groups is 1. The largest absolute Gasteiger partial charge is 0.409 e. The van der Waals surface area contributed by atoms with Crippen molar-refractivity contribution in [3.63, 3.8) is 0 Å². The highest BCUT2D eigenvalue weighted by Crippen LogP contribution is 2.25. The van der Waals surface area contributed by atoms with E-state index in [0.717, 1.165) is 0 Å². The van der Waals surface area contributed by atoms with Crippen LogP contribution >= 0.6 is 23.2 Å². The van der Waals surface area contributed by atoms with E-state index in [4.69, 9.17) is 38.9 Å². The lowest BCUT2D eigenvalue weighted by Gasteiger charge is -2.23. The minimum Gasteiger partial charge on any atom is -0.409 e. The second kappa shape index (κ2) is 8.71. The number of ether oxygens (including phenoxy) is 1. The molecule has 0 heterocycles. The average molecular weight is 334 g/mol. The highest BCUT2D eigenvalue weighted by Gasteiger charge is 2.21. The summed E-state index contributed by atoms with van der Waals surface area (Å²) in [5.41, 5.74) is 5.66. The molecule has 0 fully saturated rings. The summed E-state index contributed by atoms with van der Waals surface area (Å²) in [5, 5.41) is 12.0. The number of nitrogens with zero attached hydrogens (tertiary/aromatic N) is 2. The second-order valence-electron chi connectivity index (χ2n) is 4.22. The van der Waals surface area contributed by atoms with Crippen molar-refractivity contribution in [2.24, 2.45) is 10.9 Å². The van der Waals surface area contributed by atoms with Crippen LogP contribution in [0.2, 0.25) is 10.0 Å². The Labute approximate surface area is 133 Å². The van der Waals surface area contributed by atoms with E-state index in [0.29, 0.717) is 13.2 Å². The summed E-state index contributed by atoms with van der Waals surface area (Å²) in [7, 11) is 1.54. The van der Waals surface area contributed by atoms with Gasteiger partial charge in [0.25, 0.3) is 5.91 Å². The van der Waals surface area contributed by atoms with E-state index in [2.05, 4.69) is 5.16 Å². The van der Waals surface area contributed by atoms with Crippen molar-refractivity contribution in [1.82, 2.24) is 4.90 Å². The van der Waals surface area contributed by atoms with E-state index in [1.165, 1.54) is 12.0 Å². The standard InChI is InChI=1S/C13H17Cl2N3O3/c1-21-8-7-18(6-5-11(16)17-20)13(19)12-9(14)3-2-4-10(12)15/h2-4,20H,5-8H2,1H3,(H2,16,17). The third kappa shape index (κ3) is 5.08. The summed E-state index contributed by atoms with van der Waals surface area (Å²) < 4.78 is 4.98. The molecular formula is C13H17Cl2N3O3. The van der Waals surface area contributed by atoms with Crippen LogP contribution in [0.5, 0.6) is 0 Å². The molecule has 0 radical (unpaired) electrons. The fourth-order valence-electron chi connectivity index (χ4n) is 1.68. The summed E-state index contributed by atoms with van der Waals surface area (Å²) in [4.78, 5) is 14.0. The molecule has 1 aromatic carbocycles. The van der Waals surface area contributed by atoms with Crippen molar-refractivity contribution in [3.05, 3.63) is 33.8 Å². The molecule has 0 unspecified atom stereocenters. The Morgan fingerprint density at radius 2 is 2.00 bits per heavy atom. The number of methoxy groups -OCH3 is 1. The van der Waals surface area contributed by atoms with Gasteiger partial charge >= 0.3 is 0 Å². The summed E-state index contributed by atoms with van der Waals surface area (Å²) in [6, 6.07) is 4.86. The molecule has 0 atom stereocenters. The molecule has 0 aliphatic heterocycles. The maximum absolute atomic E-state index is 12.6. The Hall–Kier alpha value is -1.50. The van der Waals surface area contributed by atoms with Crippen LogP contribution in [0.25, 0.3) is 0 Å². The van der Waals surface area contributed by atoms with Crippen molar-refractivity contribution in [3.8, 4) is 0 Å². The molecule has 6 nitrogen and oxygen atoms in total. The second-order valence-corrected chi connectivity index (χ2v) is 5.04. The smallest absolute Gasteiger partial charge is 0.256 e. The molecule has 1 rings (SSSR count). The van der Waals surface area contributed by atoms with Crippen LogP contribution < -0.4 is 5.73 Å². The third-order valence-corrected chi connectivity index (χ3v) is 3.43. The van der Waals surface area contributed by atoms with Gasteiger partial charge in [-0.3, -0.25) is 4.79 Å². The van der Waals surface area contributed by atoms with Crippen molar-refractivity contribution in [1.29, 1.82) is 0 Å². The van der Waals surface area contributed by atoms with Gasteiger partial charge in [0.2, 0.25) is 0 Å². The number of hydrogen-bond acceptors (Lipinski definition) is 4. The van der Waals surface area contributed by atoms with Gasteiger partial charge in [0.05, 0.1) is 22.2 Å². The van der Waals surface area contributed by atoms with Crippen LogP contribution in [0, 0.1) is 0 Å². The van der Waals surface area contributed by atoms with Gasteiger partial charge in [0, 0.05) is 26.6 Å². The summed E-state index contributed by atoms with van der Waals surface area (Å²) in [6.45, 7) is 0.958. The molecule has 1 amide bonds. The van der Waals surface area contributed by atoms with Crippen LogP contribution in [-0.2, 0) is 4.74 Å². The maximum atomic E-state index is 12.6. The lowest BCUT2D eigenvalue weighted by Crippen LogP contribution is -2.36. The van der Waals surface area contributed by atoms with E-state index >= 15 is 0 Å². The minimum atomic E-state index is -0.326. The number of rotatable bonds is 7. The van der Waals surface area contributed by atoms with Crippen LogP contribution in [0.15, 0.2) is 23.4 Å². The number of hydrogen-bond donors (Lipinski definition) is 2. The number of benzene rings is 1. The quantitative estimate of drug-likeness (QED) is 0.346. The summed E-state index contributed by atoms with van der Waals surface area (Å²) in [6.07, 6.45) is 0.230. The topological polar surface area (TPSA) is 88.2 Å². The molecule has 21 heavy (non-hydrogen) atoms. The predicted molar refractivity (Wildman–Crippen MR) is 82.3 cm³/mol. The van der Waals surface area contributed by atoms with E-state index in [1.807, 2.05) is 0 Å². The van der Waals surface area contributed by atoms with E-state index in [1.54, 1.807) is 18.2 Å². The molecule has 116 valence electrons. The first-order valence-electron chi connectivity index (χ1n) is 6.19. The molecule has 0 saturated carbocycles. The zero-order chi connectivity index (χ0) is 15.8. The first kappa shape index (κ1) is 17.6. The normalized spacial score (nSPS) is 11.5. The highest BCUT2D eigenvalue weighted by atomic mass is 35.5. The zero-order valence-corrected chi connectivity index (χ0v) is 13.1. The van der Waals surface area contributed by atoms with E-state index < -0.39 is 0 Å². The van der Waals surface area contributed by atoms with E-state index in [9.17, 15) is 4.79 Å². The van der Waals surface area contributed by atoms with Crippen LogP contribution in [0.1, 0.15) is 16.8 Å². The zero-order valence-electron chi connectivity index (χ0n) is 11.6. The van der Waals surface area contributed by atoms with Crippen LogP contribution in [0.3, 0.4) is 0 Å². The molecule has 8 heteroatoms. The van der Waals surface area contributed by atoms with Crippen molar-refractivity contribution < 1.29 is 14.7 Å². The Morgan fingerprint density at radius 3 is 2.52 bits per heavy atom. The number of nitrogens with two attached hydrogens (primary N) is 1. The SMILES string of the molecule is COCCN(CCC(N)=NO)C(=O)c1c(Cl)cccc1Cl. The number of amidine groups is 1. The maximum Gasteiger partial charge on any atom is 0.256 e. The monoisotopic (exact) mass is 333 g/mol. The number of halogens is 2. The molecule has 0 spiro atoms. The fourth-order valence-corrected chi connectivity index (χ4v) is 2.24. The van der Waals surface area contributed by atoms with Gasteiger partial charge in [0.15, 0.2) is 0 Å². The molecule has 0 bridgehead atoms. The number of oxime groups is 1. The molecule has 0 aliphatic carbocycles. The Balaban J connectivity index is 2.93. The van der Waals surface area contributed by atoms with Crippen LogP contribution in [0.4, 0.5) is 0 Å². The van der Waals surface area contributed by atoms with Gasteiger partial charge in [-0.2, -0.15) is 0 Å². The average Bonchev–Trinajstić information content (AvgIpc) is 2.46. The number of amides is 1. The molecular weight excluding hydrogens is 317 g/mol.